The Bertz CT molecular complexity index is 484. The maximum absolute atomic E-state index is 12.9. The van der Waals surface area contributed by atoms with Gasteiger partial charge in [-0.3, -0.25) is 4.79 Å². The fraction of sp³-hybridized carbons (Fsp3) is 0.500. The molecule has 0 bridgehead atoms. The molecule has 0 aromatic heterocycles. The fourth-order valence-corrected chi connectivity index (χ4v) is 2.38. The molecule has 1 amide bonds. The quantitative estimate of drug-likeness (QED) is 0.925. The minimum atomic E-state index is -0.409. The fourth-order valence-electron chi connectivity index (χ4n) is 2.16. The largest absolute Gasteiger partial charge is 0.491 e. The van der Waals surface area contributed by atoms with E-state index in [2.05, 4.69) is 5.32 Å². The van der Waals surface area contributed by atoms with Gasteiger partial charge >= 0.3 is 0 Å². The Kier molecular flexibility index (Phi) is 5.20. The van der Waals surface area contributed by atoms with Gasteiger partial charge in [0.05, 0.1) is 18.1 Å². The van der Waals surface area contributed by atoms with E-state index in [4.69, 9.17) is 16.3 Å². The first-order valence-electron chi connectivity index (χ1n) is 6.65. The number of piperazine rings is 1. The van der Waals surface area contributed by atoms with Crippen LogP contribution in [0.25, 0.3) is 0 Å². The molecule has 1 atom stereocenters. The zero-order valence-corrected chi connectivity index (χ0v) is 12.1. The smallest absolute Gasteiger partial charge is 0.226 e. The zero-order chi connectivity index (χ0) is 14.5. The maximum atomic E-state index is 12.9. The Morgan fingerprint density at radius 1 is 1.60 bits per heavy atom. The molecule has 1 aromatic carbocycles. The topological polar surface area (TPSA) is 41.6 Å². The van der Waals surface area contributed by atoms with Crippen LogP contribution in [-0.2, 0) is 4.79 Å². The molecule has 1 saturated heterocycles. The molecule has 0 saturated carbocycles. The Morgan fingerprint density at radius 3 is 3.10 bits per heavy atom. The van der Waals surface area contributed by atoms with Crippen molar-refractivity contribution < 1.29 is 13.9 Å². The molecular formula is C14H18ClFN2O2. The minimum absolute atomic E-state index is 0.0663. The van der Waals surface area contributed by atoms with Gasteiger partial charge in [0.25, 0.3) is 0 Å². The van der Waals surface area contributed by atoms with Crippen LogP contribution in [0.3, 0.4) is 0 Å². The van der Waals surface area contributed by atoms with Gasteiger partial charge in [0, 0.05) is 25.7 Å². The number of benzene rings is 1. The molecule has 1 aliphatic heterocycles. The monoisotopic (exact) mass is 300 g/mol. The first-order valence-corrected chi connectivity index (χ1v) is 7.03. The summed E-state index contributed by atoms with van der Waals surface area (Å²) in [4.78, 5) is 13.8. The lowest BCUT2D eigenvalue weighted by atomic mass is 10.2. The number of nitrogens with zero attached hydrogens (tertiary/aromatic N) is 1. The van der Waals surface area contributed by atoms with Crippen molar-refractivity contribution in [1.82, 2.24) is 10.2 Å². The molecular weight excluding hydrogens is 283 g/mol. The normalized spacial score (nSPS) is 18.9. The summed E-state index contributed by atoms with van der Waals surface area (Å²) >= 11 is 5.84. The van der Waals surface area contributed by atoms with E-state index in [-0.39, 0.29) is 17.5 Å². The lowest BCUT2D eigenvalue weighted by molar-refractivity contribution is -0.132. The van der Waals surface area contributed by atoms with E-state index in [9.17, 15) is 9.18 Å². The second kappa shape index (κ2) is 6.90. The Hall–Kier alpha value is -1.33. The van der Waals surface area contributed by atoms with Gasteiger partial charge in [-0.1, -0.05) is 11.6 Å². The van der Waals surface area contributed by atoms with Crippen LogP contribution in [0.4, 0.5) is 4.39 Å². The predicted octanol–water partition coefficient (Wildman–Crippen LogP) is 2.07. The van der Waals surface area contributed by atoms with Gasteiger partial charge in [-0.05, 0) is 25.1 Å². The van der Waals surface area contributed by atoms with Gasteiger partial charge in [0.2, 0.25) is 5.91 Å². The van der Waals surface area contributed by atoms with E-state index >= 15 is 0 Å². The zero-order valence-electron chi connectivity index (χ0n) is 11.4. The van der Waals surface area contributed by atoms with Crippen molar-refractivity contribution in [2.75, 3.05) is 26.2 Å². The highest BCUT2D eigenvalue weighted by Crippen LogP contribution is 2.24. The molecule has 1 heterocycles. The third-order valence-corrected chi connectivity index (χ3v) is 3.48. The Balaban J connectivity index is 1.79. The molecule has 1 N–H and O–H groups in total. The number of carbonyl (C=O) groups excluding carboxylic acids is 1. The lowest BCUT2D eigenvalue weighted by Crippen LogP contribution is -2.51. The van der Waals surface area contributed by atoms with E-state index in [0.29, 0.717) is 18.2 Å². The maximum Gasteiger partial charge on any atom is 0.226 e. The first kappa shape index (κ1) is 15.1. The molecule has 20 heavy (non-hydrogen) atoms. The number of amides is 1. The summed E-state index contributed by atoms with van der Waals surface area (Å²) in [7, 11) is 0. The molecule has 0 aliphatic carbocycles. The first-order chi connectivity index (χ1) is 9.56. The third-order valence-electron chi connectivity index (χ3n) is 3.19. The van der Waals surface area contributed by atoms with Gasteiger partial charge in [-0.25, -0.2) is 4.39 Å². The summed E-state index contributed by atoms with van der Waals surface area (Å²) in [5, 5.41) is 3.50. The summed E-state index contributed by atoms with van der Waals surface area (Å²) in [6.45, 7) is 4.55. The van der Waals surface area contributed by atoms with Crippen LogP contribution in [0.5, 0.6) is 5.75 Å². The molecule has 4 nitrogen and oxygen atoms in total. The van der Waals surface area contributed by atoms with Crippen LogP contribution < -0.4 is 10.1 Å². The third kappa shape index (κ3) is 4.08. The number of carbonyl (C=O) groups is 1. The molecule has 2 rings (SSSR count). The lowest BCUT2D eigenvalue weighted by Gasteiger charge is -2.31. The Labute approximate surface area is 122 Å². The van der Waals surface area contributed by atoms with Crippen molar-refractivity contribution in [3.05, 3.63) is 29.0 Å². The SMILES string of the molecule is C[C@@H]1CN(C(=O)CCOc2ccc(F)cc2Cl)CCN1. The summed E-state index contributed by atoms with van der Waals surface area (Å²) < 4.78 is 18.3. The number of nitrogens with one attached hydrogen (secondary N) is 1. The van der Waals surface area contributed by atoms with Crippen molar-refractivity contribution in [2.45, 2.75) is 19.4 Å². The van der Waals surface area contributed by atoms with Crippen LogP contribution in [0.1, 0.15) is 13.3 Å². The molecule has 0 unspecified atom stereocenters. The molecule has 1 aliphatic rings. The van der Waals surface area contributed by atoms with E-state index in [1.54, 1.807) is 0 Å². The van der Waals surface area contributed by atoms with E-state index in [1.807, 2.05) is 11.8 Å². The molecule has 0 radical (unpaired) electrons. The number of ether oxygens (including phenoxy) is 1. The number of hydrogen-bond donors (Lipinski definition) is 1. The second-order valence-electron chi connectivity index (χ2n) is 4.87. The average molecular weight is 301 g/mol. The standard InChI is InChI=1S/C14H18ClFN2O2/c1-10-9-18(6-5-17-10)14(19)4-7-20-13-3-2-11(16)8-12(13)15/h2-3,8,10,17H,4-7,9H2,1H3/t10-/m1/s1. The van der Waals surface area contributed by atoms with Gasteiger partial charge in [0.15, 0.2) is 0 Å². The minimum Gasteiger partial charge on any atom is -0.491 e. The van der Waals surface area contributed by atoms with E-state index < -0.39 is 5.82 Å². The average Bonchev–Trinajstić information content (AvgIpc) is 2.41. The number of hydrogen-bond acceptors (Lipinski definition) is 3. The van der Waals surface area contributed by atoms with Crippen molar-refractivity contribution >= 4 is 17.5 Å². The van der Waals surface area contributed by atoms with E-state index in [0.717, 1.165) is 19.6 Å². The van der Waals surface area contributed by atoms with Crippen LogP contribution in [0.15, 0.2) is 18.2 Å². The van der Waals surface area contributed by atoms with Crippen LogP contribution in [0, 0.1) is 5.82 Å². The van der Waals surface area contributed by atoms with Crippen molar-refractivity contribution in [3.8, 4) is 5.75 Å². The van der Waals surface area contributed by atoms with Gasteiger partial charge in [-0.15, -0.1) is 0 Å². The van der Waals surface area contributed by atoms with E-state index in [1.165, 1.54) is 18.2 Å². The van der Waals surface area contributed by atoms with Crippen LogP contribution >= 0.6 is 11.6 Å². The summed E-state index contributed by atoms with van der Waals surface area (Å²) in [5.74, 6) is 0.0550. The molecule has 110 valence electrons. The van der Waals surface area contributed by atoms with Gasteiger partial charge in [0.1, 0.15) is 11.6 Å². The highest BCUT2D eigenvalue weighted by atomic mass is 35.5. The molecule has 0 spiro atoms. The van der Waals surface area contributed by atoms with Crippen molar-refractivity contribution in [1.29, 1.82) is 0 Å². The molecule has 6 heteroatoms. The molecule has 1 fully saturated rings. The highest BCUT2D eigenvalue weighted by Gasteiger charge is 2.20. The second-order valence-corrected chi connectivity index (χ2v) is 5.28. The predicted molar refractivity (Wildman–Crippen MR) is 75.6 cm³/mol. The molecule has 1 aromatic rings. The number of halogens is 2. The van der Waals surface area contributed by atoms with Crippen molar-refractivity contribution in [2.24, 2.45) is 0 Å². The van der Waals surface area contributed by atoms with Crippen molar-refractivity contribution in [3.63, 3.8) is 0 Å². The van der Waals surface area contributed by atoms with Crippen LogP contribution in [-0.4, -0.2) is 43.1 Å². The van der Waals surface area contributed by atoms with Crippen LogP contribution in [0.2, 0.25) is 5.02 Å². The van der Waals surface area contributed by atoms with Gasteiger partial charge < -0.3 is 15.0 Å². The summed E-state index contributed by atoms with van der Waals surface area (Å²) in [6.07, 6.45) is 0.292. The Morgan fingerprint density at radius 2 is 2.40 bits per heavy atom. The van der Waals surface area contributed by atoms with Gasteiger partial charge in [-0.2, -0.15) is 0 Å². The summed E-state index contributed by atoms with van der Waals surface area (Å²) in [6, 6.07) is 4.26. The summed E-state index contributed by atoms with van der Waals surface area (Å²) in [5.41, 5.74) is 0. The highest BCUT2D eigenvalue weighted by molar-refractivity contribution is 6.32. The number of rotatable bonds is 4.